The van der Waals surface area contributed by atoms with Gasteiger partial charge in [-0.1, -0.05) is 18.2 Å². The minimum absolute atomic E-state index is 0.0927. The number of guanidine groups is 1. The van der Waals surface area contributed by atoms with E-state index in [9.17, 15) is 18.0 Å². The SMILES string of the molecule is CCNC(=NCc1cccc(C(F)(F)F)c1)NCCNC(=O)c1cccc(OC)c1. The number of benzene rings is 2. The molecule has 9 heteroatoms. The van der Waals surface area contributed by atoms with Gasteiger partial charge in [0.15, 0.2) is 5.96 Å². The van der Waals surface area contributed by atoms with Crippen LogP contribution < -0.4 is 20.7 Å². The summed E-state index contributed by atoms with van der Waals surface area (Å²) in [5.41, 5.74) is 0.237. The molecule has 2 aromatic carbocycles. The maximum Gasteiger partial charge on any atom is 0.416 e. The number of alkyl halides is 3. The van der Waals surface area contributed by atoms with E-state index < -0.39 is 11.7 Å². The molecule has 0 aliphatic rings. The fourth-order valence-corrected chi connectivity index (χ4v) is 2.58. The molecule has 0 unspecified atom stereocenters. The highest BCUT2D eigenvalue weighted by atomic mass is 19.4. The van der Waals surface area contributed by atoms with Crippen molar-refractivity contribution in [2.75, 3.05) is 26.7 Å². The normalized spacial score (nSPS) is 11.7. The highest BCUT2D eigenvalue weighted by Gasteiger charge is 2.30. The van der Waals surface area contributed by atoms with E-state index in [4.69, 9.17) is 4.74 Å². The lowest BCUT2D eigenvalue weighted by molar-refractivity contribution is -0.137. The van der Waals surface area contributed by atoms with E-state index in [0.29, 0.717) is 42.5 Å². The van der Waals surface area contributed by atoms with E-state index in [-0.39, 0.29) is 12.5 Å². The second kappa shape index (κ2) is 11.1. The van der Waals surface area contributed by atoms with Crippen LogP contribution in [0.15, 0.2) is 53.5 Å². The number of halogens is 3. The van der Waals surface area contributed by atoms with Gasteiger partial charge < -0.3 is 20.7 Å². The molecule has 0 saturated carbocycles. The van der Waals surface area contributed by atoms with Gasteiger partial charge in [-0.15, -0.1) is 0 Å². The second-order valence-electron chi connectivity index (χ2n) is 6.31. The fourth-order valence-electron chi connectivity index (χ4n) is 2.58. The summed E-state index contributed by atoms with van der Waals surface area (Å²) >= 11 is 0. The highest BCUT2D eigenvalue weighted by Crippen LogP contribution is 2.29. The minimum atomic E-state index is -4.39. The molecule has 0 radical (unpaired) electrons. The number of nitrogens with zero attached hydrogens (tertiary/aromatic N) is 1. The zero-order chi connectivity index (χ0) is 22.0. The zero-order valence-corrected chi connectivity index (χ0v) is 16.8. The summed E-state index contributed by atoms with van der Waals surface area (Å²) in [6, 6.07) is 11.9. The second-order valence-corrected chi connectivity index (χ2v) is 6.31. The van der Waals surface area contributed by atoms with E-state index >= 15 is 0 Å². The Kier molecular flexibility index (Phi) is 8.52. The standard InChI is InChI=1S/C21H25F3N4O2/c1-3-25-20(28-14-15-6-4-8-17(12-15)21(22,23)24)27-11-10-26-19(29)16-7-5-9-18(13-16)30-2/h4-9,12-13H,3,10-11,14H2,1-2H3,(H,26,29)(H2,25,27,28). The Hall–Kier alpha value is -3.23. The molecule has 0 aromatic heterocycles. The third kappa shape index (κ3) is 7.31. The molecule has 162 valence electrons. The average Bonchev–Trinajstić information content (AvgIpc) is 2.74. The lowest BCUT2D eigenvalue weighted by Crippen LogP contribution is -2.41. The van der Waals surface area contributed by atoms with Crippen LogP contribution in [0.25, 0.3) is 0 Å². The molecule has 0 fully saturated rings. The number of methoxy groups -OCH3 is 1. The lowest BCUT2D eigenvalue weighted by atomic mass is 10.1. The van der Waals surface area contributed by atoms with Gasteiger partial charge in [0.1, 0.15) is 5.75 Å². The summed E-state index contributed by atoms with van der Waals surface area (Å²) in [4.78, 5) is 16.5. The number of carbonyl (C=O) groups excluding carboxylic acids is 1. The maximum atomic E-state index is 12.8. The maximum absolute atomic E-state index is 12.8. The highest BCUT2D eigenvalue weighted by molar-refractivity contribution is 5.94. The van der Waals surface area contributed by atoms with Crippen LogP contribution in [0.3, 0.4) is 0 Å². The van der Waals surface area contributed by atoms with Gasteiger partial charge in [-0.3, -0.25) is 4.79 Å². The van der Waals surface area contributed by atoms with Gasteiger partial charge in [0.25, 0.3) is 5.91 Å². The molecular formula is C21H25F3N4O2. The van der Waals surface area contributed by atoms with Crippen LogP contribution >= 0.6 is 0 Å². The Balaban J connectivity index is 1.87. The van der Waals surface area contributed by atoms with Crippen molar-refractivity contribution in [3.05, 3.63) is 65.2 Å². The van der Waals surface area contributed by atoms with E-state index in [1.54, 1.807) is 30.3 Å². The van der Waals surface area contributed by atoms with Crippen molar-refractivity contribution in [2.24, 2.45) is 4.99 Å². The van der Waals surface area contributed by atoms with Gasteiger partial charge in [0.05, 0.1) is 19.2 Å². The number of nitrogens with one attached hydrogen (secondary N) is 3. The molecule has 0 heterocycles. The number of ether oxygens (including phenoxy) is 1. The number of carbonyl (C=O) groups is 1. The number of aliphatic imine (C=N–C) groups is 1. The van der Waals surface area contributed by atoms with Crippen molar-refractivity contribution in [2.45, 2.75) is 19.6 Å². The Morgan fingerprint density at radius 1 is 1.03 bits per heavy atom. The predicted molar refractivity (Wildman–Crippen MR) is 110 cm³/mol. The third-order valence-electron chi connectivity index (χ3n) is 4.05. The predicted octanol–water partition coefficient (Wildman–Crippen LogP) is 3.20. The van der Waals surface area contributed by atoms with Crippen LogP contribution in [0.1, 0.15) is 28.4 Å². The van der Waals surface area contributed by atoms with Crippen molar-refractivity contribution >= 4 is 11.9 Å². The molecule has 0 bridgehead atoms. The monoisotopic (exact) mass is 422 g/mol. The van der Waals surface area contributed by atoms with E-state index in [2.05, 4.69) is 20.9 Å². The molecule has 0 saturated heterocycles. The van der Waals surface area contributed by atoms with Gasteiger partial charge in [-0.05, 0) is 42.8 Å². The van der Waals surface area contributed by atoms with Gasteiger partial charge in [-0.25, -0.2) is 4.99 Å². The molecule has 3 N–H and O–H groups in total. The molecule has 0 aliphatic carbocycles. The first-order valence-corrected chi connectivity index (χ1v) is 9.44. The zero-order valence-electron chi connectivity index (χ0n) is 16.8. The van der Waals surface area contributed by atoms with Crippen molar-refractivity contribution in [3.8, 4) is 5.75 Å². The van der Waals surface area contributed by atoms with E-state index in [1.807, 2.05) is 6.92 Å². The van der Waals surface area contributed by atoms with Crippen LogP contribution in [-0.4, -0.2) is 38.6 Å². The van der Waals surface area contributed by atoms with Crippen molar-refractivity contribution < 1.29 is 22.7 Å². The van der Waals surface area contributed by atoms with Crippen molar-refractivity contribution in [1.82, 2.24) is 16.0 Å². The number of hydrogen-bond acceptors (Lipinski definition) is 3. The quantitative estimate of drug-likeness (QED) is 0.347. The van der Waals surface area contributed by atoms with Crippen molar-refractivity contribution in [3.63, 3.8) is 0 Å². The van der Waals surface area contributed by atoms with Crippen LogP contribution in [0, 0.1) is 0 Å². The molecule has 0 spiro atoms. The fraction of sp³-hybridized carbons (Fsp3) is 0.333. The number of amides is 1. The van der Waals surface area contributed by atoms with E-state index in [0.717, 1.165) is 12.1 Å². The summed E-state index contributed by atoms with van der Waals surface area (Å²) < 4.78 is 43.6. The van der Waals surface area contributed by atoms with Crippen LogP contribution in [0.5, 0.6) is 5.75 Å². The molecule has 0 aliphatic heterocycles. The summed E-state index contributed by atoms with van der Waals surface area (Å²) in [7, 11) is 1.53. The van der Waals surface area contributed by atoms with Crippen LogP contribution in [-0.2, 0) is 12.7 Å². The molecule has 1 amide bonds. The summed E-state index contributed by atoms with van der Waals surface area (Å²) in [6.45, 7) is 3.29. The summed E-state index contributed by atoms with van der Waals surface area (Å²) in [6.07, 6.45) is -4.39. The Morgan fingerprint density at radius 2 is 1.77 bits per heavy atom. The number of hydrogen-bond donors (Lipinski definition) is 3. The van der Waals surface area contributed by atoms with Crippen LogP contribution in [0.4, 0.5) is 13.2 Å². The third-order valence-corrected chi connectivity index (χ3v) is 4.05. The first kappa shape index (κ1) is 23.1. The van der Waals surface area contributed by atoms with Crippen LogP contribution in [0.2, 0.25) is 0 Å². The molecule has 0 atom stereocenters. The smallest absolute Gasteiger partial charge is 0.416 e. The topological polar surface area (TPSA) is 74.8 Å². The molecule has 6 nitrogen and oxygen atoms in total. The largest absolute Gasteiger partial charge is 0.497 e. The molecule has 2 aromatic rings. The Morgan fingerprint density at radius 3 is 2.47 bits per heavy atom. The minimum Gasteiger partial charge on any atom is -0.497 e. The number of rotatable bonds is 8. The van der Waals surface area contributed by atoms with Gasteiger partial charge in [0.2, 0.25) is 0 Å². The molecular weight excluding hydrogens is 397 g/mol. The average molecular weight is 422 g/mol. The molecule has 30 heavy (non-hydrogen) atoms. The summed E-state index contributed by atoms with van der Waals surface area (Å²) in [5.74, 6) is 0.809. The van der Waals surface area contributed by atoms with Gasteiger partial charge in [-0.2, -0.15) is 13.2 Å². The first-order valence-electron chi connectivity index (χ1n) is 9.44. The Labute approximate surface area is 173 Å². The first-order chi connectivity index (χ1) is 14.3. The van der Waals surface area contributed by atoms with Gasteiger partial charge in [0, 0.05) is 25.2 Å². The van der Waals surface area contributed by atoms with E-state index in [1.165, 1.54) is 13.2 Å². The van der Waals surface area contributed by atoms with Crippen molar-refractivity contribution in [1.29, 1.82) is 0 Å². The lowest BCUT2D eigenvalue weighted by Gasteiger charge is -2.12. The van der Waals surface area contributed by atoms with Gasteiger partial charge >= 0.3 is 6.18 Å². The Bertz CT molecular complexity index is 869. The molecule has 2 rings (SSSR count). The summed E-state index contributed by atoms with van der Waals surface area (Å²) in [5, 5.41) is 8.84.